The zero-order valence-corrected chi connectivity index (χ0v) is 20.7. The average Bonchev–Trinajstić information content (AvgIpc) is 2.93. The van der Waals surface area contributed by atoms with E-state index in [4.69, 9.17) is 14.2 Å². The van der Waals surface area contributed by atoms with Gasteiger partial charge in [0.05, 0.1) is 0 Å². The van der Waals surface area contributed by atoms with Crippen LogP contribution in [0.3, 0.4) is 0 Å². The van der Waals surface area contributed by atoms with E-state index in [1.165, 1.54) is 0 Å². The first-order valence-corrected chi connectivity index (χ1v) is 12.2. The number of aldehydes is 1. The van der Waals surface area contributed by atoms with Crippen LogP contribution >= 0.6 is 0 Å². The van der Waals surface area contributed by atoms with E-state index in [9.17, 15) is 4.79 Å². The number of fused-ring (bicyclic) bond motifs is 2. The zero-order chi connectivity index (χ0) is 25.1. The molecule has 4 aromatic rings. The van der Waals surface area contributed by atoms with Gasteiger partial charge in [-0.2, -0.15) is 0 Å². The summed E-state index contributed by atoms with van der Waals surface area (Å²) in [5.41, 5.74) is 2.91. The Morgan fingerprint density at radius 1 is 0.778 bits per heavy atom. The van der Waals surface area contributed by atoms with E-state index in [1.54, 1.807) is 7.11 Å². The molecule has 4 aromatic carbocycles. The molecule has 1 atom stereocenters. The van der Waals surface area contributed by atoms with Crippen LogP contribution in [0.25, 0.3) is 0 Å². The standard InChI is InChI=1S/C31H29NO4/c1-4-32(5-2)23-15-17-27-30(19-23)36-29-18-16-25(35-24-12-7-6-8-13-24)20-28(29)31(27,34-3)26-14-10-9-11-22(26)21-33/h6-21H,4-5H2,1-3H3. The minimum absolute atomic E-state index is 0.556. The number of benzene rings is 4. The van der Waals surface area contributed by atoms with Gasteiger partial charge in [-0.15, -0.1) is 0 Å². The minimum atomic E-state index is -1.07. The first-order chi connectivity index (χ1) is 17.6. The molecule has 182 valence electrons. The quantitative estimate of drug-likeness (QED) is 0.251. The highest BCUT2D eigenvalue weighted by Gasteiger charge is 2.46. The molecule has 1 heterocycles. The van der Waals surface area contributed by atoms with Crippen molar-refractivity contribution in [1.29, 1.82) is 0 Å². The van der Waals surface area contributed by atoms with Crippen molar-refractivity contribution < 1.29 is 19.0 Å². The molecule has 0 N–H and O–H groups in total. The van der Waals surface area contributed by atoms with Crippen molar-refractivity contribution in [3.63, 3.8) is 0 Å². The lowest BCUT2D eigenvalue weighted by atomic mass is 9.76. The van der Waals surface area contributed by atoms with Crippen LogP contribution < -0.4 is 14.4 Å². The molecule has 1 aliphatic rings. The molecule has 36 heavy (non-hydrogen) atoms. The fourth-order valence-corrected chi connectivity index (χ4v) is 5.04. The van der Waals surface area contributed by atoms with Crippen molar-refractivity contribution >= 4 is 12.0 Å². The lowest BCUT2D eigenvalue weighted by Crippen LogP contribution is -2.36. The largest absolute Gasteiger partial charge is 0.457 e. The van der Waals surface area contributed by atoms with Crippen molar-refractivity contribution in [2.75, 3.05) is 25.1 Å². The molecule has 1 unspecified atom stereocenters. The number of nitrogens with zero attached hydrogens (tertiary/aromatic N) is 1. The van der Waals surface area contributed by atoms with Gasteiger partial charge in [0.25, 0.3) is 0 Å². The van der Waals surface area contributed by atoms with E-state index in [0.29, 0.717) is 22.8 Å². The zero-order valence-electron chi connectivity index (χ0n) is 20.7. The fraction of sp³-hybridized carbons (Fsp3) is 0.194. The van der Waals surface area contributed by atoms with Crippen LogP contribution in [0, 0.1) is 0 Å². The second-order valence-electron chi connectivity index (χ2n) is 8.62. The number of para-hydroxylation sites is 1. The van der Waals surface area contributed by atoms with Crippen LogP contribution in [0.2, 0.25) is 0 Å². The van der Waals surface area contributed by atoms with E-state index in [1.807, 2.05) is 78.9 Å². The normalized spacial score (nSPS) is 15.9. The number of anilines is 1. The van der Waals surface area contributed by atoms with Crippen molar-refractivity contribution in [1.82, 2.24) is 0 Å². The summed E-state index contributed by atoms with van der Waals surface area (Å²) >= 11 is 0. The molecule has 1 aliphatic heterocycles. The highest BCUT2D eigenvalue weighted by Crippen LogP contribution is 2.54. The summed E-state index contributed by atoms with van der Waals surface area (Å²) in [4.78, 5) is 14.4. The second kappa shape index (κ2) is 9.88. The number of rotatable bonds is 8. The SMILES string of the molecule is CCN(CC)c1ccc2c(c1)Oc1ccc(Oc3ccccc3)cc1C2(OC)c1ccccc1C=O. The van der Waals surface area contributed by atoms with E-state index >= 15 is 0 Å². The van der Waals surface area contributed by atoms with E-state index in [-0.39, 0.29) is 0 Å². The predicted molar refractivity (Wildman–Crippen MR) is 142 cm³/mol. The van der Waals surface area contributed by atoms with Gasteiger partial charge in [0.1, 0.15) is 29.3 Å². The maximum atomic E-state index is 12.2. The Labute approximate surface area is 211 Å². The summed E-state index contributed by atoms with van der Waals surface area (Å²) in [7, 11) is 1.67. The van der Waals surface area contributed by atoms with Crippen LogP contribution in [0.1, 0.15) is 40.9 Å². The number of carbonyl (C=O) groups is 1. The topological polar surface area (TPSA) is 48.0 Å². The first-order valence-electron chi connectivity index (χ1n) is 12.2. The van der Waals surface area contributed by atoms with Crippen LogP contribution in [0.4, 0.5) is 5.69 Å². The molecule has 0 aromatic heterocycles. The molecule has 0 amide bonds. The van der Waals surface area contributed by atoms with E-state index < -0.39 is 5.60 Å². The molecule has 5 heteroatoms. The molecular weight excluding hydrogens is 450 g/mol. The van der Waals surface area contributed by atoms with Crippen molar-refractivity contribution in [2.45, 2.75) is 19.4 Å². The lowest BCUT2D eigenvalue weighted by Gasteiger charge is -2.40. The summed E-state index contributed by atoms with van der Waals surface area (Å²) in [6.45, 7) is 6.03. The Morgan fingerprint density at radius 2 is 1.53 bits per heavy atom. The molecule has 5 rings (SSSR count). The minimum Gasteiger partial charge on any atom is -0.457 e. The number of carbonyl (C=O) groups excluding carboxylic acids is 1. The van der Waals surface area contributed by atoms with Gasteiger partial charge < -0.3 is 19.1 Å². The second-order valence-corrected chi connectivity index (χ2v) is 8.62. The van der Waals surface area contributed by atoms with Crippen molar-refractivity contribution in [2.24, 2.45) is 0 Å². The Bertz CT molecular complexity index is 1380. The molecule has 0 bridgehead atoms. The molecule has 0 saturated carbocycles. The third kappa shape index (κ3) is 3.91. The number of hydrogen-bond donors (Lipinski definition) is 0. The summed E-state index contributed by atoms with van der Waals surface area (Å²) in [6.07, 6.45) is 0.875. The van der Waals surface area contributed by atoms with Crippen molar-refractivity contribution in [3.8, 4) is 23.0 Å². The monoisotopic (exact) mass is 479 g/mol. The Morgan fingerprint density at radius 3 is 2.25 bits per heavy atom. The van der Waals surface area contributed by atoms with Gasteiger partial charge in [-0.3, -0.25) is 4.79 Å². The third-order valence-electron chi connectivity index (χ3n) is 6.78. The summed E-state index contributed by atoms with van der Waals surface area (Å²) in [5, 5.41) is 0. The van der Waals surface area contributed by atoms with Crippen LogP contribution in [-0.2, 0) is 10.3 Å². The van der Waals surface area contributed by atoms with E-state index in [2.05, 4.69) is 30.9 Å². The number of methoxy groups -OCH3 is 1. The Balaban J connectivity index is 1.74. The van der Waals surface area contributed by atoms with Gasteiger partial charge in [0.2, 0.25) is 0 Å². The van der Waals surface area contributed by atoms with E-state index in [0.717, 1.165) is 47.5 Å². The number of ether oxygens (including phenoxy) is 3. The maximum Gasteiger partial charge on any atom is 0.151 e. The Kier molecular flexibility index (Phi) is 6.49. The summed E-state index contributed by atoms with van der Waals surface area (Å²) in [6, 6.07) is 29.1. The lowest BCUT2D eigenvalue weighted by molar-refractivity contribution is 0.0490. The molecule has 0 spiro atoms. The van der Waals surface area contributed by atoms with Crippen LogP contribution in [-0.4, -0.2) is 26.5 Å². The molecule has 0 aliphatic carbocycles. The summed E-state index contributed by atoms with van der Waals surface area (Å²) in [5.74, 6) is 2.74. The smallest absolute Gasteiger partial charge is 0.151 e. The van der Waals surface area contributed by atoms with Crippen molar-refractivity contribution in [3.05, 3.63) is 113 Å². The number of hydrogen-bond acceptors (Lipinski definition) is 5. The van der Waals surface area contributed by atoms with Gasteiger partial charge in [-0.05, 0) is 56.3 Å². The average molecular weight is 480 g/mol. The van der Waals surface area contributed by atoms with Gasteiger partial charge in [0, 0.05) is 54.2 Å². The maximum absolute atomic E-state index is 12.2. The summed E-state index contributed by atoms with van der Waals surface area (Å²) < 4.78 is 19.0. The highest BCUT2D eigenvalue weighted by molar-refractivity contribution is 5.80. The highest BCUT2D eigenvalue weighted by atomic mass is 16.5. The van der Waals surface area contributed by atoms with Gasteiger partial charge in [0.15, 0.2) is 5.60 Å². The van der Waals surface area contributed by atoms with Crippen LogP contribution in [0.5, 0.6) is 23.0 Å². The van der Waals surface area contributed by atoms with Gasteiger partial charge >= 0.3 is 0 Å². The molecule has 5 nitrogen and oxygen atoms in total. The molecular formula is C31H29NO4. The third-order valence-corrected chi connectivity index (χ3v) is 6.78. The Hall–Kier alpha value is -4.09. The molecule has 0 saturated heterocycles. The fourth-order valence-electron chi connectivity index (χ4n) is 5.04. The van der Waals surface area contributed by atoms with Gasteiger partial charge in [-0.1, -0.05) is 42.5 Å². The first kappa shape index (κ1) is 23.6. The van der Waals surface area contributed by atoms with Crippen LogP contribution in [0.15, 0.2) is 91.0 Å². The molecule has 0 radical (unpaired) electrons. The predicted octanol–water partition coefficient (Wildman–Crippen LogP) is 7.18. The van der Waals surface area contributed by atoms with Gasteiger partial charge in [-0.25, -0.2) is 0 Å². The molecule has 0 fully saturated rings.